The lowest BCUT2D eigenvalue weighted by molar-refractivity contribution is 0.212. The SMILES string of the molecule is CC(C)CN(CCCC1CCNC1)CCN(C)C. The standard InChI is InChI=1S/C15H33N3/c1-14(2)13-18(11-10-17(3)4)9-5-6-15-7-8-16-12-15/h14-16H,5-13H2,1-4H3. The molecule has 1 heterocycles. The number of likely N-dealkylation sites (N-methyl/N-ethyl adjacent to an activating group) is 1. The first-order valence-corrected chi connectivity index (χ1v) is 7.65. The van der Waals surface area contributed by atoms with Crippen LogP contribution in [0.3, 0.4) is 0 Å². The monoisotopic (exact) mass is 255 g/mol. The summed E-state index contributed by atoms with van der Waals surface area (Å²) in [5.74, 6) is 1.72. The highest BCUT2D eigenvalue weighted by Crippen LogP contribution is 2.14. The molecule has 0 radical (unpaired) electrons. The van der Waals surface area contributed by atoms with Crippen molar-refractivity contribution >= 4 is 0 Å². The van der Waals surface area contributed by atoms with Gasteiger partial charge < -0.3 is 15.1 Å². The second-order valence-corrected chi connectivity index (χ2v) is 6.50. The van der Waals surface area contributed by atoms with Gasteiger partial charge in [0.05, 0.1) is 0 Å². The van der Waals surface area contributed by atoms with E-state index in [1.165, 1.54) is 58.5 Å². The lowest BCUT2D eigenvalue weighted by Gasteiger charge is -2.26. The maximum atomic E-state index is 3.46. The van der Waals surface area contributed by atoms with E-state index in [-0.39, 0.29) is 0 Å². The Balaban J connectivity index is 2.17. The molecule has 0 aromatic carbocycles. The van der Waals surface area contributed by atoms with Crippen LogP contribution >= 0.6 is 0 Å². The zero-order chi connectivity index (χ0) is 13.4. The molecule has 0 amide bonds. The minimum Gasteiger partial charge on any atom is -0.316 e. The Morgan fingerprint density at radius 3 is 2.50 bits per heavy atom. The average molecular weight is 255 g/mol. The summed E-state index contributed by atoms with van der Waals surface area (Å²) in [5.41, 5.74) is 0. The van der Waals surface area contributed by atoms with Crippen molar-refractivity contribution in [3.05, 3.63) is 0 Å². The van der Waals surface area contributed by atoms with Crippen molar-refractivity contribution in [3.8, 4) is 0 Å². The van der Waals surface area contributed by atoms with Gasteiger partial charge in [0, 0.05) is 19.6 Å². The van der Waals surface area contributed by atoms with E-state index >= 15 is 0 Å². The molecule has 1 rings (SSSR count). The number of hydrogen-bond donors (Lipinski definition) is 1. The smallest absolute Gasteiger partial charge is 0.0109 e. The number of nitrogens with zero attached hydrogens (tertiary/aromatic N) is 2. The molecular weight excluding hydrogens is 222 g/mol. The van der Waals surface area contributed by atoms with Gasteiger partial charge in [0.2, 0.25) is 0 Å². The van der Waals surface area contributed by atoms with E-state index in [1.807, 2.05) is 0 Å². The fourth-order valence-electron chi connectivity index (χ4n) is 2.72. The van der Waals surface area contributed by atoms with Gasteiger partial charge in [-0.1, -0.05) is 13.8 Å². The fourth-order valence-corrected chi connectivity index (χ4v) is 2.72. The van der Waals surface area contributed by atoms with Crippen molar-refractivity contribution in [2.75, 3.05) is 53.4 Å². The topological polar surface area (TPSA) is 18.5 Å². The molecule has 0 aliphatic carbocycles. The Morgan fingerprint density at radius 1 is 1.17 bits per heavy atom. The summed E-state index contributed by atoms with van der Waals surface area (Å²) in [5, 5.41) is 3.46. The van der Waals surface area contributed by atoms with Crippen LogP contribution in [0.1, 0.15) is 33.1 Å². The van der Waals surface area contributed by atoms with E-state index in [1.54, 1.807) is 0 Å². The zero-order valence-corrected chi connectivity index (χ0v) is 12.9. The molecule has 1 fully saturated rings. The highest BCUT2D eigenvalue weighted by atomic mass is 15.2. The zero-order valence-electron chi connectivity index (χ0n) is 12.9. The van der Waals surface area contributed by atoms with Crippen LogP contribution < -0.4 is 5.32 Å². The largest absolute Gasteiger partial charge is 0.316 e. The molecule has 0 spiro atoms. The van der Waals surface area contributed by atoms with Gasteiger partial charge in [0.15, 0.2) is 0 Å². The lowest BCUT2D eigenvalue weighted by atomic mass is 10.0. The minimum absolute atomic E-state index is 0.778. The van der Waals surface area contributed by atoms with Crippen LogP contribution in [0.25, 0.3) is 0 Å². The second kappa shape index (κ2) is 8.89. The third kappa shape index (κ3) is 7.34. The molecule has 0 bridgehead atoms. The lowest BCUT2D eigenvalue weighted by Crippen LogP contribution is -2.35. The Kier molecular flexibility index (Phi) is 7.87. The van der Waals surface area contributed by atoms with E-state index in [9.17, 15) is 0 Å². The molecule has 108 valence electrons. The van der Waals surface area contributed by atoms with Gasteiger partial charge >= 0.3 is 0 Å². The third-order valence-electron chi connectivity index (χ3n) is 3.74. The van der Waals surface area contributed by atoms with Gasteiger partial charge in [-0.25, -0.2) is 0 Å². The van der Waals surface area contributed by atoms with Crippen LogP contribution in [-0.2, 0) is 0 Å². The van der Waals surface area contributed by atoms with Crippen molar-refractivity contribution in [1.82, 2.24) is 15.1 Å². The Morgan fingerprint density at radius 2 is 1.94 bits per heavy atom. The van der Waals surface area contributed by atoms with Crippen LogP contribution in [0, 0.1) is 11.8 Å². The third-order valence-corrected chi connectivity index (χ3v) is 3.74. The summed E-state index contributed by atoms with van der Waals surface area (Å²) in [7, 11) is 4.33. The minimum atomic E-state index is 0.778. The summed E-state index contributed by atoms with van der Waals surface area (Å²) >= 11 is 0. The highest BCUT2D eigenvalue weighted by Gasteiger charge is 2.14. The van der Waals surface area contributed by atoms with E-state index in [2.05, 4.69) is 43.1 Å². The Labute approximate surface area is 114 Å². The van der Waals surface area contributed by atoms with Crippen molar-refractivity contribution in [2.45, 2.75) is 33.1 Å². The van der Waals surface area contributed by atoms with Crippen LogP contribution in [0.4, 0.5) is 0 Å². The molecule has 1 aliphatic heterocycles. The quantitative estimate of drug-likeness (QED) is 0.679. The summed E-state index contributed by atoms with van der Waals surface area (Å²) in [4.78, 5) is 4.93. The summed E-state index contributed by atoms with van der Waals surface area (Å²) < 4.78 is 0. The molecule has 1 atom stereocenters. The van der Waals surface area contributed by atoms with Crippen molar-refractivity contribution < 1.29 is 0 Å². The molecule has 1 unspecified atom stereocenters. The van der Waals surface area contributed by atoms with Gasteiger partial charge in [0.25, 0.3) is 0 Å². The number of hydrogen-bond acceptors (Lipinski definition) is 3. The molecule has 1 N–H and O–H groups in total. The van der Waals surface area contributed by atoms with E-state index < -0.39 is 0 Å². The Bertz CT molecular complexity index is 198. The van der Waals surface area contributed by atoms with E-state index in [4.69, 9.17) is 0 Å². The second-order valence-electron chi connectivity index (χ2n) is 6.50. The van der Waals surface area contributed by atoms with E-state index in [0.29, 0.717) is 0 Å². The molecule has 3 heteroatoms. The summed E-state index contributed by atoms with van der Waals surface area (Å²) in [6.07, 6.45) is 4.16. The molecule has 1 aliphatic rings. The van der Waals surface area contributed by atoms with Gasteiger partial charge in [0.1, 0.15) is 0 Å². The number of rotatable bonds is 9. The molecule has 18 heavy (non-hydrogen) atoms. The fraction of sp³-hybridized carbons (Fsp3) is 1.00. The first-order valence-electron chi connectivity index (χ1n) is 7.65. The van der Waals surface area contributed by atoms with Gasteiger partial charge in [-0.05, 0) is 64.8 Å². The number of nitrogens with one attached hydrogen (secondary N) is 1. The molecule has 0 saturated carbocycles. The first-order chi connectivity index (χ1) is 8.58. The molecule has 0 aromatic heterocycles. The van der Waals surface area contributed by atoms with Crippen LogP contribution in [0.5, 0.6) is 0 Å². The predicted octanol–water partition coefficient (Wildman–Crippen LogP) is 1.90. The van der Waals surface area contributed by atoms with Gasteiger partial charge in [-0.15, -0.1) is 0 Å². The molecule has 3 nitrogen and oxygen atoms in total. The Hall–Kier alpha value is -0.120. The molecule has 1 saturated heterocycles. The van der Waals surface area contributed by atoms with Crippen LogP contribution in [0.2, 0.25) is 0 Å². The maximum absolute atomic E-state index is 3.46. The first kappa shape index (κ1) is 15.9. The maximum Gasteiger partial charge on any atom is 0.0109 e. The highest BCUT2D eigenvalue weighted by molar-refractivity contribution is 4.72. The van der Waals surface area contributed by atoms with Crippen LogP contribution in [0.15, 0.2) is 0 Å². The predicted molar refractivity (Wildman–Crippen MR) is 80.0 cm³/mol. The summed E-state index contributed by atoms with van der Waals surface area (Å²) in [6.45, 7) is 12.1. The van der Waals surface area contributed by atoms with Gasteiger partial charge in [-0.2, -0.15) is 0 Å². The van der Waals surface area contributed by atoms with Crippen molar-refractivity contribution in [3.63, 3.8) is 0 Å². The summed E-state index contributed by atoms with van der Waals surface area (Å²) in [6, 6.07) is 0. The van der Waals surface area contributed by atoms with Crippen molar-refractivity contribution in [2.24, 2.45) is 11.8 Å². The van der Waals surface area contributed by atoms with Gasteiger partial charge in [-0.3, -0.25) is 0 Å². The normalized spacial score (nSPS) is 20.5. The molecular formula is C15H33N3. The van der Waals surface area contributed by atoms with Crippen LogP contribution in [-0.4, -0.2) is 63.2 Å². The van der Waals surface area contributed by atoms with Crippen molar-refractivity contribution in [1.29, 1.82) is 0 Å². The van der Waals surface area contributed by atoms with E-state index in [0.717, 1.165) is 11.8 Å². The molecule has 0 aromatic rings. The average Bonchev–Trinajstić information content (AvgIpc) is 2.77.